The fraction of sp³-hybridized carbons (Fsp3) is 0.333. The molecule has 1 aliphatic rings. The van der Waals surface area contributed by atoms with Crippen LogP contribution in [0.25, 0.3) is 20.7 Å². The number of hydrogen-bond donors (Lipinski definition) is 0. The average Bonchev–Trinajstić information content (AvgIpc) is 3.06. The first-order valence-corrected chi connectivity index (χ1v) is 8.95. The summed E-state index contributed by atoms with van der Waals surface area (Å²) in [5.74, 6) is -0.684. The van der Waals surface area contributed by atoms with Crippen LogP contribution in [0, 0.1) is 5.92 Å². The molecule has 1 fully saturated rings. The van der Waals surface area contributed by atoms with Gasteiger partial charge in [0.05, 0.1) is 11.3 Å². The number of benzene rings is 1. The first-order valence-electron chi connectivity index (χ1n) is 8.14. The molecule has 1 aromatic carbocycles. The van der Waals surface area contributed by atoms with E-state index in [9.17, 15) is 13.2 Å². The third-order valence-corrected chi connectivity index (χ3v) is 5.64. The SMILES string of the molecule is FC(F)(F)C1CCCN(c2ncnc3sc(-c4ccccc4)cc23)C1. The van der Waals surface area contributed by atoms with Crippen molar-refractivity contribution in [3.05, 3.63) is 42.7 Å². The number of aromatic nitrogens is 2. The molecule has 0 bridgehead atoms. The number of rotatable bonds is 2. The van der Waals surface area contributed by atoms with Gasteiger partial charge in [-0.15, -0.1) is 11.3 Å². The standard InChI is InChI=1S/C18H16F3N3S/c19-18(20,21)13-7-4-8-24(10-13)16-14-9-15(12-5-2-1-3-6-12)25-17(14)23-11-22-16/h1-3,5-6,9,11,13H,4,7-8,10H2. The summed E-state index contributed by atoms with van der Waals surface area (Å²) in [6, 6.07) is 11.9. The topological polar surface area (TPSA) is 29.0 Å². The second-order valence-electron chi connectivity index (χ2n) is 6.22. The average molecular weight is 363 g/mol. The van der Waals surface area contributed by atoms with E-state index in [1.165, 1.54) is 17.7 Å². The van der Waals surface area contributed by atoms with Crippen molar-refractivity contribution in [1.82, 2.24) is 9.97 Å². The number of fused-ring (bicyclic) bond motifs is 1. The number of thiophene rings is 1. The lowest BCUT2D eigenvalue weighted by Gasteiger charge is -2.34. The molecule has 2 aromatic heterocycles. The summed E-state index contributed by atoms with van der Waals surface area (Å²) in [7, 11) is 0. The molecule has 1 unspecified atom stereocenters. The molecule has 0 radical (unpaired) electrons. The molecule has 3 aromatic rings. The van der Waals surface area contributed by atoms with Crippen LogP contribution in [0.1, 0.15) is 12.8 Å². The lowest BCUT2D eigenvalue weighted by atomic mass is 9.97. The number of piperidine rings is 1. The van der Waals surface area contributed by atoms with Crippen molar-refractivity contribution in [2.75, 3.05) is 18.0 Å². The first-order chi connectivity index (χ1) is 12.0. The van der Waals surface area contributed by atoms with Crippen molar-refractivity contribution in [2.45, 2.75) is 19.0 Å². The van der Waals surface area contributed by atoms with E-state index in [4.69, 9.17) is 0 Å². The monoisotopic (exact) mass is 363 g/mol. The van der Waals surface area contributed by atoms with Crippen LogP contribution in [0.5, 0.6) is 0 Å². The predicted octanol–water partition coefficient (Wildman–Crippen LogP) is 5.14. The van der Waals surface area contributed by atoms with Gasteiger partial charge in [-0.2, -0.15) is 13.2 Å². The Morgan fingerprint density at radius 2 is 1.92 bits per heavy atom. The van der Waals surface area contributed by atoms with Gasteiger partial charge in [-0.05, 0) is 24.5 Å². The third kappa shape index (κ3) is 3.20. The Labute approximate surface area is 147 Å². The van der Waals surface area contributed by atoms with Crippen LogP contribution in [0.3, 0.4) is 0 Å². The van der Waals surface area contributed by atoms with Gasteiger partial charge in [0.15, 0.2) is 0 Å². The van der Waals surface area contributed by atoms with Gasteiger partial charge in [0.25, 0.3) is 0 Å². The van der Waals surface area contributed by atoms with Crippen LogP contribution in [0.2, 0.25) is 0 Å². The molecule has 0 aliphatic carbocycles. The van der Waals surface area contributed by atoms with Gasteiger partial charge in [-0.1, -0.05) is 30.3 Å². The Kier molecular flexibility index (Phi) is 4.11. The number of halogens is 3. The van der Waals surface area contributed by atoms with E-state index in [2.05, 4.69) is 9.97 Å². The van der Waals surface area contributed by atoms with E-state index in [0.717, 1.165) is 20.7 Å². The van der Waals surface area contributed by atoms with Crippen molar-refractivity contribution in [2.24, 2.45) is 5.92 Å². The maximum atomic E-state index is 13.1. The molecule has 4 rings (SSSR count). The molecular weight excluding hydrogens is 347 g/mol. The Bertz CT molecular complexity index is 876. The van der Waals surface area contributed by atoms with E-state index < -0.39 is 12.1 Å². The molecule has 3 heterocycles. The minimum Gasteiger partial charge on any atom is -0.355 e. The molecule has 0 spiro atoms. The molecule has 1 saturated heterocycles. The normalized spacial score (nSPS) is 18.7. The summed E-state index contributed by atoms with van der Waals surface area (Å²) in [5, 5.41) is 0.828. The largest absolute Gasteiger partial charge is 0.393 e. The number of hydrogen-bond acceptors (Lipinski definition) is 4. The summed E-state index contributed by atoms with van der Waals surface area (Å²) in [4.78, 5) is 12.2. The van der Waals surface area contributed by atoms with E-state index in [1.54, 1.807) is 4.90 Å². The molecule has 1 atom stereocenters. The van der Waals surface area contributed by atoms with Gasteiger partial charge in [0.1, 0.15) is 17.0 Å². The lowest BCUT2D eigenvalue weighted by molar-refractivity contribution is -0.176. The van der Waals surface area contributed by atoms with Crippen LogP contribution in [-0.2, 0) is 0 Å². The Balaban J connectivity index is 1.71. The minimum absolute atomic E-state index is 0.0356. The quantitative estimate of drug-likeness (QED) is 0.631. The molecule has 25 heavy (non-hydrogen) atoms. The maximum absolute atomic E-state index is 13.1. The predicted molar refractivity (Wildman–Crippen MR) is 93.8 cm³/mol. The number of nitrogens with zero attached hydrogens (tertiary/aromatic N) is 3. The summed E-state index contributed by atoms with van der Waals surface area (Å²) in [6.45, 7) is 0.557. The zero-order valence-corrected chi connectivity index (χ0v) is 14.1. The minimum atomic E-state index is -4.16. The molecule has 1 aliphatic heterocycles. The van der Waals surface area contributed by atoms with Crippen LogP contribution in [-0.4, -0.2) is 29.2 Å². The molecule has 0 N–H and O–H groups in total. The van der Waals surface area contributed by atoms with Crippen molar-refractivity contribution in [3.63, 3.8) is 0 Å². The smallest absolute Gasteiger partial charge is 0.355 e. The Morgan fingerprint density at radius 1 is 1.12 bits per heavy atom. The molecule has 7 heteroatoms. The second kappa shape index (κ2) is 6.29. The van der Waals surface area contributed by atoms with Crippen LogP contribution < -0.4 is 4.90 Å². The highest BCUT2D eigenvalue weighted by molar-refractivity contribution is 7.21. The van der Waals surface area contributed by atoms with Crippen molar-refractivity contribution >= 4 is 27.4 Å². The van der Waals surface area contributed by atoms with Gasteiger partial charge >= 0.3 is 6.18 Å². The van der Waals surface area contributed by atoms with Gasteiger partial charge in [0.2, 0.25) is 0 Å². The van der Waals surface area contributed by atoms with Crippen LogP contribution in [0.4, 0.5) is 19.0 Å². The number of anilines is 1. The Morgan fingerprint density at radius 3 is 2.68 bits per heavy atom. The fourth-order valence-corrected chi connectivity index (χ4v) is 4.28. The highest BCUT2D eigenvalue weighted by Crippen LogP contribution is 2.39. The van der Waals surface area contributed by atoms with E-state index >= 15 is 0 Å². The van der Waals surface area contributed by atoms with Crippen molar-refractivity contribution < 1.29 is 13.2 Å². The zero-order valence-electron chi connectivity index (χ0n) is 13.3. The van der Waals surface area contributed by atoms with Crippen LogP contribution >= 0.6 is 11.3 Å². The molecular formula is C18H16F3N3S. The summed E-state index contributed by atoms with van der Waals surface area (Å²) in [5.41, 5.74) is 1.07. The lowest BCUT2D eigenvalue weighted by Crippen LogP contribution is -2.42. The fourth-order valence-electron chi connectivity index (χ4n) is 3.28. The molecule has 0 saturated carbocycles. The van der Waals surface area contributed by atoms with Crippen molar-refractivity contribution in [1.29, 1.82) is 0 Å². The van der Waals surface area contributed by atoms with Gasteiger partial charge in [-0.25, -0.2) is 9.97 Å². The number of alkyl halides is 3. The summed E-state index contributed by atoms with van der Waals surface area (Å²) < 4.78 is 39.3. The molecule has 3 nitrogen and oxygen atoms in total. The van der Waals surface area contributed by atoms with E-state index in [0.29, 0.717) is 18.8 Å². The summed E-state index contributed by atoms with van der Waals surface area (Å²) in [6.07, 6.45) is -2.01. The second-order valence-corrected chi connectivity index (χ2v) is 7.25. The summed E-state index contributed by atoms with van der Waals surface area (Å²) >= 11 is 1.53. The van der Waals surface area contributed by atoms with Crippen LogP contribution in [0.15, 0.2) is 42.7 Å². The third-order valence-electron chi connectivity index (χ3n) is 4.55. The Hall–Kier alpha value is -2.15. The highest BCUT2D eigenvalue weighted by atomic mass is 32.1. The zero-order chi connectivity index (χ0) is 17.4. The van der Waals surface area contributed by atoms with E-state index in [1.807, 2.05) is 36.4 Å². The molecule has 130 valence electrons. The highest BCUT2D eigenvalue weighted by Gasteiger charge is 2.42. The van der Waals surface area contributed by atoms with E-state index in [-0.39, 0.29) is 13.0 Å². The van der Waals surface area contributed by atoms with Gasteiger partial charge in [-0.3, -0.25) is 0 Å². The van der Waals surface area contributed by atoms with Gasteiger partial charge in [0, 0.05) is 18.0 Å². The van der Waals surface area contributed by atoms with Crippen molar-refractivity contribution in [3.8, 4) is 10.4 Å². The van der Waals surface area contributed by atoms with Gasteiger partial charge < -0.3 is 4.90 Å². The first kappa shape index (κ1) is 16.3. The maximum Gasteiger partial charge on any atom is 0.393 e. The molecule has 0 amide bonds.